The molecule has 0 amide bonds. The third-order valence-corrected chi connectivity index (χ3v) is 5.91. The van der Waals surface area contributed by atoms with E-state index in [1.807, 2.05) is 6.07 Å². The van der Waals surface area contributed by atoms with Crippen LogP contribution < -0.4 is 14.4 Å². The number of nitrogens with zero attached hydrogens (tertiary/aromatic N) is 5. The van der Waals surface area contributed by atoms with Gasteiger partial charge in [-0.05, 0) is 18.2 Å². The molecule has 4 rings (SSSR count). The van der Waals surface area contributed by atoms with Gasteiger partial charge < -0.3 is 14.4 Å². The summed E-state index contributed by atoms with van der Waals surface area (Å²) in [7, 11) is 0. The van der Waals surface area contributed by atoms with Crippen LogP contribution in [0.15, 0.2) is 29.6 Å². The van der Waals surface area contributed by atoms with Crippen molar-refractivity contribution in [2.75, 3.05) is 56.6 Å². The molecule has 1 fully saturated rings. The largest absolute Gasteiger partial charge is 0.485 e. The van der Waals surface area contributed by atoms with Crippen molar-refractivity contribution in [3.05, 3.63) is 35.7 Å². The lowest BCUT2D eigenvalue weighted by molar-refractivity contribution is -0.141. The molecule has 7 nitrogen and oxygen atoms in total. The van der Waals surface area contributed by atoms with Gasteiger partial charge in [-0.25, -0.2) is 9.97 Å². The Bertz CT molecular complexity index is 974. The number of aromatic nitrogens is 2. The van der Waals surface area contributed by atoms with E-state index in [-0.39, 0.29) is 5.16 Å². The fraction of sp³-hybridized carbons (Fsp3) is 0.450. The molecule has 0 unspecified atom stereocenters. The van der Waals surface area contributed by atoms with Crippen LogP contribution in [0.2, 0.25) is 0 Å². The minimum Gasteiger partial charge on any atom is -0.485 e. The van der Waals surface area contributed by atoms with Crippen molar-refractivity contribution < 1.29 is 22.6 Å². The Morgan fingerprint density at radius 1 is 1.06 bits per heavy atom. The second-order valence-corrected chi connectivity index (χ2v) is 8.06. The zero-order valence-corrected chi connectivity index (χ0v) is 17.4. The van der Waals surface area contributed by atoms with Gasteiger partial charge in [0.05, 0.1) is 11.3 Å². The summed E-state index contributed by atoms with van der Waals surface area (Å²) in [6, 6.07) is 6.65. The fourth-order valence-electron chi connectivity index (χ4n) is 3.51. The van der Waals surface area contributed by atoms with E-state index in [0.717, 1.165) is 50.7 Å². The Kier molecular flexibility index (Phi) is 6.38. The molecular formula is C20H20F3N5O2S. The first-order valence-electron chi connectivity index (χ1n) is 9.79. The average molecular weight is 451 g/mol. The highest BCUT2D eigenvalue weighted by molar-refractivity contribution is 7.99. The Morgan fingerprint density at radius 2 is 1.81 bits per heavy atom. The van der Waals surface area contributed by atoms with Crippen LogP contribution in [0.3, 0.4) is 0 Å². The highest BCUT2D eigenvalue weighted by atomic mass is 32.2. The molecule has 31 heavy (non-hydrogen) atoms. The first-order valence-corrected chi connectivity index (χ1v) is 10.8. The predicted molar refractivity (Wildman–Crippen MR) is 109 cm³/mol. The van der Waals surface area contributed by atoms with E-state index < -0.39 is 11.9 Å². The number of nitriles is 1. The maximum Gasteiger partial charge on any atom is 0.433 e. The molecule has 3 heterocycles. The van der Waals surface area contributed by atoms with E-state index in [2.05, 4.69) is 25.8 Å². The highest BCUT2D eigenvalue weighted by Crippen LogP contribution is 2.42. The van der Waals surface area contributed by atoms with Crippen molar-refractivity contribution in [3.63, 3.8) is 0 Å². The molecule has 1 saturated heterocycles. The molecule has 164 valence electrons. The van der Waals surface area contributed by atoms with Gasteiger partial charge in [0.2, 0.25) is 0 Å². The Labute approximate surface area is 181 Å². The Hall–Kier alpha value is -2.71. The summed E-state index contributed by atoms with van der Waals surface area (Å²) in [6.07, 6.45) is -3.32. The average Bonchev–Trinajstić information content (AvgIpc) is 2.78. The summed E-state index contributed by atoms with van der Waals surface area (Å²) in [4.78, 5) is 12.0. The number of fused-ring (bicyclic) bond motifs is 1. The smallest absolute Gasteiger partial charge is 0.433 e. The van der Waals surface area contributed by atoms with Crippen LogP contribution >= 0.6 is 11.8 Å². The highest BCUT2D eigenvalue weighted by Gasteiger charge is 2.33. The molecular weight excluding hydrogens is 431 g/mol. The summed E-state index contributed by atoms with van der Waals surface area (Å²) in [5, 5.41) is 9.41. The molecule has 2 aliphatic rings. The molecule has 0 N–H and O–H groups in total. The van der Waals surface area contributed by atoms with Gasteiger partial charge in [0, 0.05) is 44.7 Å². The molecule has 0 spiro atoms. The molecule has 2 aromatic rings. The molecule has 1 aromatic carbocycles. The van der Waals surface area contributed by atoms with Crippen LogP contribution in [0.4, 0.5) is 18.9 Å². The lowest BCUT2D eigenvalue weighted by Gasteiger charge is -2.37. The quantitative estimate of drug-likeness (QED) is 0.507. The molecule has 11 heteroatoms. The molecule has 0 radical (unpaired) electrons. The van der Waals surface area contributed by atoms with Gasteiger partial charge in [-0.15, -0.1) is 0 Å². The van der Waals surface area contributed by atoms with Crippen LogP contribution in [0.5, 0.6) is 11.5 Å². The van der Waals surface area contributed by atoms with Crippen molar-refractivity contribution in [3.8, 4) is 17.6 Å². The van der Waals surface area contributed by atoms with E-state index in [0.29, 0.717) is 36.0 Å². The van der Waals surface area contributed by atoms with Crippen LogP contribution in [0.1, 0.15) is 11.3 Å². The van der Waals surface area contributed by atoms with Crippen LogP contribution in [-0.4, -0.2) is 66.6 Å². The van der Waals surface area contributed by atoms with Gasteiger partial charge in [-0.1, -0.05) is 11.8 Å². The number of thioether (sulfide) groups is 1. The van der Waals surface area contributed by atoms with Crippen molar-refractivity contribution in [1.29, 1.82) is 5.26 Å². The molecule has 2 aliphatic heterocycles. The summed E-state index contributed by atoms with van der Waals surface area (Å²) in [6.45, 7) is 4.75. The summed E-state index contributed by atoms with van der Waals surface area (Å²) in [5.41, 5.74) is 0.460. The Balaban J connectivity index is 1.31. The SMILES string of the molecule is N#Cc1ccc(N2CCN(CCSc3nccc(C(F)(F)F)n3)CC2)c2c1OCCO2. The summed E-state index contributed by atoms with van der Waals surface area (Å²) in [5.74, 6) is 1.73. The number of ether oxygens (including phenoxy) is 2. The van der Waals surface area contributed by atoms with Crippen LogP contribution in [0, 0.1) is 11.3 Å². The molecule has 0 bridgehead atoms. The number of piperazine rings is 1. The Morgan fingerprint density at radius 3 is 2.52 bits per heavy atom. The number of anilines is 1. The van der Waals surface area contributed by atoms with Crippen molar-refractivity contribution in [2.45, 2.75) is 11.3 Å². The normalized spacial score (nSPS) is 16.8. The third kappa shape index (κ3) is 4.97. The van der Waals surface area contributed by atoms with Crippen molar-refractivity contribution in [1.82, 2.24) is 14.9 Å². The van der Waals surface area contributed by atoms with Crippen LogP contribution in [0.25, 0.3) is 0 Å². The number of hydrogen-bond donors (Lipinski definition) is 0. The van der Waals surface area contributed by atoms with Gasteiger partial charge in [0.25, 0.3) is 0 Å². The number of alkyl halides is 3. The van der Waals surface area contributed by atoms with Crippen LogP contribution in [-0.2, 0) is 6.18 Å². The second-order valence-electron chi connectivity index (χ2n) is 7.00. The van der Waals surface area contributed by atoms with E-state index in [1.54, 1.807) is 6.07 Å². The van der Waals surface area contributed by atoms with Gasteiger partial charge >= 0.3 is 6.18 Å². The molecule has 0 saturated carbocycles. The lowest BCUT2D eigenvalue weighted by atomic mass is 10.1. The zero-order valence-electron chi connectivity index (χ0n) is 16.6. The number of rotatable bonds is 5. The van der Waals surface area contributed by atoms with E-state index in [9.17, 15) is 18.4 Å². The molecule has 0 atom stereocenters. The number of hydrogen-bond acceptors (Lipinski definition) is 8. The molecule has 1 aromatic heterocycles. The number of benzene rings is 1. The first kappa shape index (κ1) is 21.5. The van der Waals surface area contributed by atoms with Gasteiger partial charge in [0.15, 0.2) is 16.7 Å². The minimum atomic E-state index is -4.46. The fourth-order valence-corrected chi connectivity index (χ4v) is 4.34. The maximum atomic E-state index is 12.8. The predicted octanol–water partition coefficient (Wildman–Crippen LogP) is 3.05. The summed E-state index contributed by atoms with van der Waals surface area (Å²) < 4.78 is 49.7. The first-order chi connectivity index (χ1) is 15.0. The summed E-state index contributed by atoms with van der Waals surface area (Å²) >= 11 is 1.22. The zero-order chi connectivity index (χ0) is 21.8. The monoisotopic (exact) mass is 451 g/mol. The topological polar surface area (TPSA) is 74.5 Å². The van der Waals surface area contributed by atoms with Crippen molar-refractivity contribution in [2.24, 2.45) is 0 Å². The molecule has 0 aliphatic carbocycles. The second kappa shape index (κ2) is 9.20. The minimum absolute atomic E-state index is 0.134. The maximum absolute atomic E-state index is 12.8. The standard InChI is InChI=1S/C20H20F3N5O2S/c21-20(22,23)16-3-4-25-19(26-16)31-12-9-27-5-7-28(8-6-27)15-2-1-14(13-24)17-18(15)30-11-10-29-17/h1-4H,5-12H2. The number of halogens is 3. The lowest BCUT2D eigenvalue weighted by Crippen LogP contribution is -2.47. The van der Waals surface area contributed by atoms with E-state index >= 15 is 0 Å². The van der Waals surface area contributed by atoms with E-state index in [1.165, 1.54) is 11.8 Å². The van der Waals surface area contributed by atoms with E-state index in [4.69, 9.17) is 9.47 Å². The van der Waals surface area contributed by atoms with Gasteiger partial charge in [-0.2, -0.15) is 18.4 Å². The third-order valence-electron chi connectivity index (χ3n) is 5.06. The van der Waals surface area contributed by atoms with Gasteiger partial charge in [-0.3, -0.25) is 4.90 Å². The van der Waals surface area contributed by atoms with Gasteiger partial charge in [0.1, 0.15) is 25.0 Å². The van der Waals surface area contributed by atoms with Crippen molar-refractivity contribution >= 4 is 17.4 Å².